The summed E-state index contributed by atoms with van der Waals surface area (Å²) in [7, 11) is 0. The highest BCUT2D eigenvalue weighted by molar-refractivity contribution is 6.32. The molecule has 1 aromatic rings. The molecule has 2 bridgehead atoms. The maximum atomic E-state index is 14.2. The number of hydrogen-bond donors (Lipinski definition) is 3. The van der Waals surface area contributed by atoms with Crippen molar-refractivity contribution >= 4 is 29.3 Å². The summed E-state index contributed by atoms with van der Waals surface area (Å²) in [5.41, 5.74) is 4.90. The van der Waals surface area contributed by atoms with Gasteiger partial charge in [0.2, 0.25) is 0 Å². The zero-order chi connectivity index (χ0) is 16.7. The molecule has 4 rings (SSSR count). The van der Waals surface area contributed by atoms with Gasteiger partial charge in [0.05, 0.1) is 11.5 Å². The van der Waals surface area contributed by atoms with E-state index < -0.39 is 29.7 Å². The second-order valence-electron chi connectivity index (χ2n) is 6.23. The van der Waals surface area contributed by atoms with Crippen molar-refractivity contribution in [1.29, 1.82) is 0 Å². The fourth-order valence-corrected chi connectivity index (χ4v) is 4.14. The van der Waals surface area contributed by atoms with Gasteiger partial charge < -0.3 is 16.2 Å². The van der Waals surface area contributed by atoms with Crippen molar-refractivity contribution in [2.75, 3.05) is 5.32 Å². The Morgan fingerprint density at radius 3 is 2.48 bits per heavy atom. The zero-order valence-electron chi connectivity index (χ0n) is 12.3. The van der Waals surface area contributed by atoms with Gasteiger partial charge in [-0.15, -0.1) is 0 Å². The Morgan fingerprint density at radius 1 is 1.30 bits per heavy atom. The first-order valence-corrected chi connectivity index (χ1v) is 7.91. The summed E-state index contributed by atoms with van der Waals surface area (Å²) in [6, 6.07) is 0.536. The van der Waals surface area contributed by atoms with Crippen molar-refractivity contribution in [2.24, 2.45) is 23.5 Å². The molecule has 2 atom stereocenters. The number of nitrogens with one attached hydrogen (secondary N) is 1. The van der Waals surface area contributed by atoms with E-state index in [9.17, 15) is 19.1 Å². The number of fused-ring (bicyclic) bond motifs is 3. The molecule has 1 unspecified atom stereocenters. The third kappa shape index (κ3) is 2.85. The number of aromatic nitrogens is 1. The number of aliphatic carboxylic acids is 1. The van der Waals surface area contributed by atoms with Crippen molar-refractivity contribution in [1.82, 2.24) is 4.98 Å². The van der Waals surface area contributed by atoms with Crippen molar-refractivity contribution in [3.63, 3.8) is 0 Å². The molecule has 6 nitrogen and oxygen atoms in total. The van der Waals surface area contributed by atoms with Crippen LogP contribution in [0.5, 0.6) is 0 Å². The first-order chi connectivity index (χ1) is 10.9. The summed E-state index contributed by atoms with van der Waals surface area (Å²) in [5, 5.41) is 12.2. The predicted octanol–water partition coefficient (Wildman–Crippen LogP) is 2.27. The lowest BCUT2D eigenvalue weighted by Gasteiger charge is -2.47. The maximum absolute atomic E-state index is 14.2. The molecule has 1 heterocycles. The van der Waals surface area contributed by atoms with Gasteiger partial charge in [0, 0.05) is 6.04 Å². The minimum Gasteiger partial charge on any atom is -0.481 e. The number of primary amides is 1. The maximum Gasteiger partial charge on any atom is 0.308 e. The third-order valence-corrected chi connectivity index (χ3v) is 5.29. The molecule has 8 heteroatoms. The molecule has 23 heavy (non-hydrogen) atoms. The smallest absolute Gasteiger partial charge is 0.308 e. The number of carboxylic acid groups (broad SMARTS) is 1. The number of amides is 1. The van der Waals surface area contributed by atoms with Gasteiger partial charge in [-0.1, -0.05) is 11.6 Å². The summed E-state index contributed by atoms with van der Waals surface area (Å²) in [4.78, 5) is 26.6. The predicted molar refractivity (Wildman–Crippen MR) is 81.7 cm³/mol. The molecule has 0 aliphatic heterocycles. The monoisotopic (exact) mass is 341 g/mol. The number of pyridine rings is 1. The number of carbonyl (C=O) groups is 2. The highest BCUT2D eigenvalue weighted by Crippen LogP contribution is 2.46. The molecule has 1 amide bonds. The Bertz CT molecular complexity index is 662. The van der Waals surface area contributed by atoms with Crippen LogP contribution < -0.4 is 11.1 Å². The van der Waals surface area contributed by atoms with Gasteiger partial charge in [-0.05, 0) is 43.6 Å². The van der Waals surface area contributed by atoms with Gasteiger partial charge in [-0.3, -0.25) is 9.59 Å². The van der Waals surface area contributed by atoms with Gasteiger partial charge in [0.1, 0.15) is 5.15 Å². The van der Waals surface area contributed by atoms with E-state index in [0.29, 0.717) is 0 Å². The SMILES string of the molecule is NC(=O)c1cc(F)c(N[C@H]2C3CCC(CC3)C2C(=O)O)nc1Cl. The fraction of sp³-hybridized carbons (Fsp3) is 0.533. The number of hydrogen-bond acceptors (Lipinski definition) is 4. The van der Waals surface area contributed by atoms with Gasteiger partial charge in [-0.25, -0.2) is 9.37 Å². The first kappa shape index (κ1) is 16.0. The summed E-state index contributed by atoms with van der Waals surface area (Å²) in [6.45, 7) is 0. The number of rotatable bonds is 4. The Kier molecular flexibility index (Phi) is 4.14. The Morgan fingerprint density at radius 2 is 1.91 bits per heavy atom. The average Bonchev–Trinajstić information content (AvgIpc) is 2.51. The largest absolute Gasteiger partial charge is 0.481 e. The lowest BCUT2D eigenvalue weighted by molar-refractivity contribution is -0.148. The van der Waals surface area contributed by atoms with Crippen LogP contribution in [0.3, 0.4) is 0 Å². The van der Waals surface area contributed by atoms with Gasteiger partial charge in [-0.2, -0.15) is 0 Å². The molecular weight excluding hydrogens is 325 g/mol. The Labute approximate surface area is 137 Å². The summed E-state index contributed by atoms with van der Waals surface area (Å²) >= 11 is 5.86. The highest BCUT2D eigenvalue weighted by Gasteiger charge is 2.47. The number of nitrogens with two attached hydrogens (primary N) is 1. The van der Waals surface area contributed by atoms with Crippen LogP contribution in [-0.2, 0) is 4.79 Å². The van der Waals surface area contributed by atoms with Crippen LogP contribution in [0, 0.1) is 23.6 Å². The minimum atomic E-state index is -0.878. The van der Waals surface area contributed by atoms with Crippen LogP contribution >= 0.6 is 11.6 Å². The first-order valence-electron chi connectivity index (χ1n) is 7.53. The van der Waals surface area contributed by atoms with E-state index in [-0.39, 0.29) is 28.4 Å². The van der Waals surface area contributed by atoms with E-state index in [4.69, 9.17) is 17.3 Å². The normalized spacial score (nSPS) is 29.3. The molecule has 3 saturated carbocycles. The quantitative estimate of drug-likeness (QED) is 0.728. The van der Waals surface area contributed by atoms with Crippen molar-refractivity contribution in [2.45, 2.75) is 31.7 Å². The van der Waals surface area contributed by atoms with Crippen molar-refractivity contribution in [3.8, 4) is 0 Å². The van der Waals surface area contributed by atoms with Crippen LogP contribution in [0.4, 0.5) is 10.2 Å². The molecule has 3 fully saturated rings. The molecule has 0 radical (unpaired) electrons. The molecule has 0 saturated heterocycles. The second-order valence-corrected chi connectivity index (χ2v) is 6.59. The van der Waals surface area contributed by atoms with E-state index >= 15 is 0 Å². The van der Waals surface area contributed by atoms with Crippen LogP contribution in [0.1, 0.15) is 36.0 Å². The van der Waals surface area contributed by atoms with Gasteiger partial charge in [0.15, 0.2) is 11.6 Å². The van der Waals surface area contributed by atoms with Gasteiger partial charge in [0.25, 0.3) is 5.91 Å². The number of halogens is 2. The summed E-state index contributed by atoms with van der Waals surface area (Å²) < 4.78 is 14.2. The third-order valence-electron chi connectivity index (χ3n) is 5.00. The van der Waals surface area contributed by atoms with E-state index in [1.165, 1.54) is 0 Å². The van der Waals surface area contributed by atoms with Crippen LogP contribution in [-0.4, -0.2) is 28.0 Å². The number of anilines is 1. The standard InChI is InChI=1S/C15H17ClFN3O3/c16-12-8(13(18)21)5-9(17)14(20-12)19-11-7-3-1-6(2-4-7)10(11)15(22)23/h5-7,10-11H,1-4H2,(H2,18,21)(H,19,20)(H,22,23)/t6?,7?,10?,11-/m0/s1. The molecule has 0 spiro atoms. The molecule has 3 aliphatic rings. The van der Waals surface area contributed by atoms with Crippen LogP contribution in [0.25, 0.3) is 0 Å². The number of carbonyl (C=O) groups excluding carboxylic acids is 1. The van der Waals surface area contributed by atoms with Crippen LogP contribution in [0.2, 0.25) is 5.15 Å². The van der Waals surface area contributed by atoms with E-state index in [1.807, 2.05) is 0 Å². The van der Waals surface area contributed by atoms with E-state index in [1.54, 1.807) is 0 Å². The Hall–Kier alpha value is -1.89. The highest BCUT2D eigenvalue weighted by atomic mass is 35.5. The minimum absolute atomic E-state index is 0.0958. The van der Waals surface area contributed by atoms with Crippen molar-refractivity contribution in [3.05, 3.63) is 22.6 Å². The topological polar surface area (TPSA) is 105 Å². The molecular formula is C15H17ClFN3O3. The van der Waals surface area contributed by atoms with E-state index in [0.717, 1.165) is 31.7 Å². The van der Waals surface area contributed by atoms with Gasteiger partial charge >= 0.3 is 5.97 Å². The summed E-state index contributed by atoms with van der Waals surface area (Å²) in [5.74, 6) is -2.96. The summed E-state index contributed by atoms with van der Waals surface area (Å²) in [6.07, 6.45) is 3.61. The molecule has 124 valence electrons. The molecule has 1 aromatic heterocycles. The molecule has 4 N–H and O–H groups in total. The number of carboxylic acids is 1. The van der Waals surface area contributed by atoms with E-state index in [2.05, 4.69) is 10.3 Å². The lowest BCUT2D eigenvalue weighted by Crippen LogP contribution is -2.51. The second kappa shape index (κ2) is 5.96. The average molecular weight is 342 g/mol. The Balaban J connectivity index is 1.90. The number of nitrogens with zero attached hydrogens (tertiary/aromatic N) is 1. The zero-order valence-corrected chi connectivity index (χ0v) is 13.0. The molecule has 3 aliphatic carbocycles. The lowest BCUT2D eigenvalue weighted by atomic mass is 9.61. The van der Waals surface area contributed by atoms with Crippen molar-refractivity contribution < 1.29 is 19.1 Å². The fourth-order valence-electron chi connectivity index (χ4n) is 3.91. The van der Waals surface area contributed by atoms with Crippen LogP contribution in [0.15, 0.2) is 6.07 Å². The molecule has 0 aromatic carbocycles.